The third-order valence-corrected chi connectivity index (χ3v) is 6.90. The molecule has 2 aromatic carbocycles. The van der Waals surface area contributed by atoms with E-state index < -0.39 is 11.7 Å². The van der Waals surface area contributed by atoms with Gasteiger partial charge in [-0.1, -0.05) is 31.9 Å². The van der Waals surface area contributed by atoms with Crippen LogP contribution in [0, 0.1) is 0 Å². The minimum Gasteiger partial charge on any atom is -0.497 e. The van der Waals surface area contributed by atoms with E-state index >= 15 is 0 Å². The molecule has 0 bridgehead atoms. The summed E-state index contributed by atoms with van der Waals surface area (Å²) in [6, 6.07) is 13.8. The van der Waals surface area contributed by atoms with Crippen molar-refractivity contribution in [2.75, 3.05) is 33.9 Å². The molecule has 7 nitrogen and oxygen atoms in total. The predicted octanol–water partition coefficient (Wildman–Crippen LogP) is 6.25. The molecule has 0 aliphatic rings. The highest BCUT2D eigenvalue weighted by Crippen LogP contribution is 2.30. The fraction of sp³-hybridized carbons (Fsp3) is 0.419. The van der Waals surface area contributed by atoms with Gasteiger partial charge in [-0.25, -0.2) is 0 Å². The number of halogens is 3. The molecule has 0 aliphatic carbocycles. The van der Waals surface area contributed by atoms with Gasteiger partial charge in [0.2, 0.25) is 5.91 Å². The van der Waals surface area contributed by atoms with Crippen LogP contribution in [0.25, 0.3) is 0 Å². The van der Waals surface area contributed by atoms with Crippen molar-refractivity contribution < 1.29 is 32.2 Å². The number of carbonyl (C=O) groups is 2. The van der Waals surface area contributed by atoms with Crippen LogP contribution in [0.1, 0.15) is 60.3 Å². The topological polar surface area (TPSA) is 64.0 Å². The molecule has 222 valence electrons. The van der Waals surface area contributed by atoms with Crippen LogP contribution in [0.2, 0.25) is 0 Å². The van der Waals surface area contributed by atoms with Crippen molar-refractivity contribution in [3.8, 4) is 11.5 Å². The number of benzene rings is 2. The van der Waals surface area contributed by atoms with E-state index in [1.54, 1.807) is 35.4 Å². The van der Waals surface area contributed by atoms with Crippen LogP contribution in [0.4, 0.5) is 13.2 Å². The highest BCUT2D eigenvalue weighted by molar-refractivity contribution is 5.99. The summed E-state index contributed by atoms with van der Waals surface area (Å²) < 4.78 is 52.1. The van der Waals surface area contributed by atoms with E-state index in [0.717, 1.165) is 37.1 Å². The summed E-state index contributed by atoms with van der Waals surface area (Å²) in [5, 5.41) is 0. The normalized spacial score (nSPS) is 11.3. The second-order valence-electron chi connectivity index (χ2n) is 9.73. The first-order valence-electron chi connectivity index (χ1n) is 13.7. The molecule has 0 aliphatic heterocycles. The van der Waals surface area contributed by atoms with Crippen LogP contribution in [-0.2, 0) is 24.1 Å². The molecule has 0 spiro atoms. The molecule has 0 saturated carbocycles. The van der Waals surface area contributed by atoms with Crippen molar-refractivity contribution in [3.63, 3.8) is 0 Å². The lowest BCUT2D eigenvalue weighted by Crippen LogP contribution is -2.43. The van der Waals surface area contributed by atoms with E-state index in [0.29, 0.717) is 35.7 Å². The summed E-state index contributed by atoms with van der Waals surface area (Å²) in [5.41, 5.74) is 0.934. The Bertz CT molecular complexity index is 1310. The van der Waals surface area contributed by atoms with Crippen LogP contribution in [0.3, 0.4) is 0 Å². The number of methoxy groups -OCH3 is 2. The van der Waals surface area contributed by atoms with E-state index in [1.807, 2.05) is 23.6 Å². The summed E-state index contributed by atoms with van der Waals surface area (Å²) >= 11 is 0. The minimum absolute atomic E-state index is 0.120. The number of ether oxygens (including phenoxy) is 2. The van der Waals surface area contributed by atoms with Crippen molar-refractivity contribution in [2.45, 2.75) is 52.4 Å². The first kappa shape index (κ1) is 31.6. The van der Waals surface area contributed by atoms with Crippen LogP contribution in [0.5, 0.6) is 11.5 Å². The number of rotatable bonds is 14. The van der Waals surface area contributed by atoms with E-state index in [2.05, 4.69) is 6.92 Å². The van der Waals surface area contributed by atoms with Crippen molar-refractivity contribution in [1.29, 1.82) is 0 Å². The number of aromatic nitrogens is 1. The zero-order valence-electron chi connectivity index (χ0n) is 24.0. The number of hydrogen-bond acceptors (Lipinski definition) is 4. The maximum Gasteiger partial charge on any atom is 0.416 e. The number of likely N-dealkylation sites (N-methyl/N-ethyl adjacent to an activating group) is 1. The Kier molecular flexibility index (Phi) is 11.3. The monoisotopic (exact) mass is 573 g/mol. The molecule has 1 aromatic heterocycles. The maximum absolute atomic E-state index is 13.6. The highest BCUT2D eigenvalue weighted by atomic mass is 19.4. The van der Waals surface area contributed by atoms with E-state index in [-0.39, 0.29) is 31.4 Å². The number of hydrogen-bond donors (Lipinski definition) is 0. The number of alkyl halides is 3. The smallest absolute Gasteiger partial charge is 0.416 e. The Hall–Kier alpha value is -3.95. The van der Waals surface area contributed by atoms with Crippen LogP contribution in [-0.4, -0.2) is 60.0 Å². The fourth-order valence-corrected chi connectivity index (χ4v) is 4.57. The van der Waals surface area contributed by atoms with Crippen molar-refractivity contribution >= 4 is 11.8 Å². The van der Waals surface area contributed by atoms with Gasteiger partial charge < -0.3 is 23.8 Å². The Balaban J connectivity index is 1.79. The maximum atomic E-state index is 13.6. The van der Waals surface area contributed by atoms with Crippen LogP contribution >= 0.6 is 0 Å². The zero-order valence-corrected chi connectivity index (χ0v) is 24.0. The first-order chi connectivity index (χ1) is 19.6. The van der Waals surface area contributed by atoms with Gasteiger partial charge in [0.1, 0.15) is 18.0 Å². The second-order valence-corrected chi connectivity index (χ2v) is 9.73. The molecule has 0 radical (unpaired) electrons. The summed E-state index contributed by atoms with van der Waals surface area (Å²) in [7, 11) is 2.99. The lowest BCUT2D eigenvalue weighted by Gasteiger charge is -2.28. The molecule has 2 amide bonds. The zero-order chi connectivity index (χ0) is 30.0. The SMILES string of the molecule is CCCCCN(Cc1cccn1Cc1cccc(C(F)(F)F)c1)C(=O)CN(CC)C(=O)c1ccc(OC)cc1OC. The third kappa shape index (κ3) is 8.52. The summed E-state index contributed by atoms with van der Waals surface area (Å²) in [6.07, 6.45) is 0.0841. The fourth-order valence-electron chi connectivity index (χ4n) is 4.57. The molecule has 41 heavy (non-hydrogen) atoms. The highest BCUT2D eigenvalue weighted by Gasteiger charge is 2.30. The molecule has 0 saturated heterocycles. The Morgan fingerprint density at radius 1 is 0.927 bits per heavy atom. The quantitative estimate of drug-likeness (QED) is 0.214. The predicted molar refractivity (Wildman–Crippen MR) is 151 cm³/mol. The Morgan fingerprint density at radius 2 is 1.71 bits per heavy atom. The minimum atomic E-state index is -4.42. The van der Waals surface area contributed by atoms with Gasteiger partial charge in [-0.3, -0.25) is 9.59 Å². The van der Waals surface area contributed by atoms with E-state index in [4.69, 9.17) is 9.47 Å². The molecule has 0 fully saturated rings. The van der Waals surface area contributed by atoms with Crippen LogP contribution in [0.15, 0.2) is 60.8 Å². The van der Waals surface area contributed by atoms with Crippen LogP contribution < -0.4 is 9.47 Å². The molecule has 10 heteroatoms. The van der Waals surface area contributed by atoms with Gasteiger partial charge in [0.25, 0.3) is 5.91 Å². The number of nitrogens with zero attached hydrogens (tertiary/aromatic N) is 3. The van der Waals surface area contributed by atoms with Gasteiger partial charge in [0, 0.05) is 37.6 Å². The first-order valence-corrected chi connectivity index (χ1v) is 13.7. The molecule has 0 unspecified atom stereocenters. The van der Waals surface area contributed by atoms with Gasteiger partial charge in [-0.2, -0.15) is 13.2 Å². The van der Waals surface area contributed by atoms with Gasteiger partial charge in [-0.05, 0) is 55.3 Å². The number of amides is 2. The Labute approximate surface area is 239 Å². The average molecular weight is 574 g/mol. The van der Waals surface area contributed by atoms with Crippen molar-refractivity contribution in [1.82, 2.24) is 14.4 Å². The Morgan fingerprint density at radius 3 is 2.37 bits per heavy atom. The van der Waals surface area contributed by atoms with Gasteiger partial charge in [0.15, 0.2) is 0 Å². The van der Waals surface area contributed by atoms with Gasteiger partial charge in [-0.15, -0.1) is 0 Å². The number of unbranched alkanes of at least 4 members (excludes halogenated alkanes) is 2. The molecular formula is C31H38F3N3O4. The van der Waals surface area contributed by atoms with Crippen molar-refractivity contribution in [3.05, 3.63) is 83.2 Å². The summed E-state index contributed by atoms with van der Waals surface area (Å²) in [5.74, 6) is 0.359. The molecule has 0 N–H and O–H groups in total. The van der Waals surface area contributed by atoms with E-state index in [1.165, 1.54) is 25.2 Å². The summed E-state index contributed by atoms with van der Waals surface area (Å²) in [4.78, 5) is 30.2. The molecular weight excluding hydrogens is 535 g/mol. The summed E-state index contributed by atoms with van der Waals surface area (Å²) in [6.45, 7) is 5.08. The average Bonchev–Trinajstić information content (AvgIpc) is 3.40. The van der Waals surface area contributed by atoms with Gasteiger partial charge in [0.05, 0.1) is 31.9 Å². The lowest BCUT2D eigenvalue weighted by molar-refractivity contribution is -0.137. The van der Waals surface area contributed by atoms with Crippen molar-refractivity contribution in [2.24, 2.45) is 0 Å². The number of carbonyl (C=O) groups excluding carboxylic acids is 2. The third-order valence-electron chi connectivity index (χ3n) is 6.90. The largest absolute Gasteiger partial charge is 0.497 e. The van der Waals surface area contributed by atoms with Gasteiger partial charge >= 0.3 is 6.18 Å². The molecule has 0 atom stereocenters. The second kappa shape index (κ2) is 14.6. The van der Waals surface area contributed by atoms with E-state index in [9.17, 15) is 22.8 Å². The molecule has 1 heterocycles. The lowest BCUT2D eigenvalue weighted by atomic mass is 10.1. The molecule has 3 aromatic rings. The standard InChI is InChI=1S/C31H38F3N3O4/c1-5-7-8-16-37(21-25-13-10-17-36(25)20-23-11-9-12-24(18-23)31(32,33)34)29(38)22-35(6-2)30(39)27-15-14-26(40-3)19-28(27)41-4/h9-15,17-19H,5-8,16,20-22H2,1-4H3. The molecule has 3 rings (SSSR count).